The molecule has 0 N–H and O–H groups in total. The van der Waals surface area contributed by atoms with Crippen LogP contribution < -0.4 is 0 Å². The average molecular weight is 252 g/mol. The van der Waals surface area contributed by atoms with Crippen LogP contribution in [0.15, 0.2) is 6.33 Å². The van der Waals surface area contributed by atoms with E-state index in [0.29, 0.717) is 19.1 Å². The van der Waals surface area contributed by atoms with Crippen molar-refractivity contribution in [1.82, 2.24) is 19.7 Å². The van der Waals surface area contributed by atoms with Crippen LogP contribution in [0.2, 0.25) is 0 Å². The van der Waals surface area contributed by atoms with Gasteiger partial charge in [0.05, 0.1) is 20.2 Å². The smallest absolute Gasteiger partial charge is 0.319 e. The SMILES string of the molecule is COC(=O)CN(Cc1nncn1C)C1CCCC1. The highest BCUT2D eigenvalue weighted by Crippen LogP contribution is 2.24. The molecule has 1 aliphatic rings. The second-order valence-corrected chi connectivity index (χ2v) is 4.78. The van der Waals surface area contributed by atoms with E-state index in [0.717, 1.165) is 18.7 Å². The number of carbonyl (C=O) groups is 1. The fourth-order valence-electron chi connectivity index (χ4n) is 2.45. The molecule has 1 aromatic heterocycles. The molecule has 0 amide bonds. The van der Waals surface area contributed by atoms with Gasteiger partial charge >= 0.3 is 5.97 Å². The van der Waals surface area contributed by atoms with Crippen molar-refractivity contribution >= 4 is 5.97 Å². The first kappa shape index (κ1) is 13.0. The van der Waals surface area contributed by atoms with Crippen molar-refractivity contribution in [3.05, 3.63) is 12.2 Å². The molecule has 100 valence electrons. The molecule has 6 nitrogen and oxygen atoms in total. The molecule has 2 rings (SSSR count). The van der Waals surface area contributed by atoms with E-state index in [1.165, 1.54) is 20.0 Å². The molecular weight excluding hydrogens is 232 g/mol. The predicted molar refractivity (Wildman–Crippen MR) is 65.7 cm³/mol. The summed E-state index contributed by atoms with van der Waals surface area (Å²) in [6.07, 6.45) is 6.45. The quantitative estimate of drug-likeness (QED) is 0.723. The molecule has 0 aliphatic heterocycles. The number of aryl methyl sites for hydroxylation is 1. The summed E-state index contributed by atoms with van der Waals surface area (Å²) in [7, 11) is 3.35. The fourth-order valence-corrected chi connectivity index (χ4v) is 2.45. The molecule has 1 aliphatic carbocycles. The summed E-state index contributed by atoms with van der Waals surface area (Å²) >= 11 is 0. The zero-order valence-corrected chi connectivity index (χ0v) is 11.0. The number of carbonyl (C=O) groups excluding carboxylic acids is 1. The lowest BCUT2D eigenvalue weighted by molar-refractivity contribution is -0.142. The van der Waals surface area contributed by atoms with E-state index >= 15 is 0 Å². The summed E-state index contributed by atoms with van der Waals surface area (Å²) in [5.41, 5.74) is 0. The van der Waals surface area contributed by atoms with Crippen LogP contribution in [0.3, 0.4) is 0 Å². The fraction of sp³-hybridized carbons (Fsp3) is 0.750. The van der Waals surface area contributed by atoms with E-state index < -0.39 is 0 Å². The minimum Gasteiger partial charge on any atom is -0.468 e. The van der Waals surface area contributed by atoms with Crippen molar-refractivity contribution in [3.63, 3.8) is 0 Å². The van der Waals surface area contributed by atoms with Gasteiger partial charge in [-0.2, -0.15) is 0 Å². The molecule has 1 fully saturated rings. The van der Waals surface area contributed by atoms with Crippen LogP contribution in [-0.2, 0) is 23.1 Å². The highest BCUT2D eigenvalue weighted by atomic mass is 16.5. The molecule has 1 saturated carbocycles. The standard InChI is InChI=1S/C12H20N4O2/c1-15-9-13-14-11(15)7-16(8-12(17)18-2)10-5-3-4-6-10/h9-10H,3-8H2,1-2H3. The number of rotatable bonds is 5. The van der Waals surface area contributed by atoms with Gasteiger partial charge in [-0.15, -0.1) is 10.2 Å². The Balaban J connectivity index is 2.04. The number of methoxy groups -OCH3 is 1. The molecule has 0 radical (unpaired) electrons. The van der Waals surface area contributed by atoms with Crippen LogP contribution in [0, 0.1) is 0 Å². The Morgan fingerprint density at radius 3 is 2.83 bits per heavy atom. The number of ether oxygens (including phenoxy) is 1. The van der Waals surface area contributed by atoms with Gasteiger partial charge in [0, 0.05) is 13.1 Å². The maximum Gasteiger partial charge on any atom is 0.319 e. The predicted octanol–water partition coefficient (Wildman–Crippen LogP) is 0.733. The number of nitrogens with zero attached hydrogens (tertiary/aromatic N) is 4. The third-order valence-corrected chi connectivity index (χ3v) is 3.55. The van der Waals surface area contributed by atoms with Crippen molar-refractivity contribution in [2.75, 3.05) is 13.7 Å². The second-order valence-electron chi connectivity index (χ2n) is 4.78. The Kier molecular flexibility index (Phi) is 4.30. The lowest BCUT2D eigenvalue weighted by atomic mass is 10.2. The van der Waals surface area contributed by atoms with Gasteiger partial charge < -0.3 is 9.30 Å². The Morgan fingerprint density at radius 1 is 1.56 bits per heavy atom. The Morgan fingerprint density at radius 2 is 2.28 bits per heavy atom. The van der Waals surface area contributed by atoms with Gasteiger partial charge in [-0.25, -0.2) is 0 Å². The highest BCUT2D eigenvalue weighted by Gasteiger charge is 2.25. The minimum atomic E-state index is -0.191. The summed E-state index contributed by atoms with van der Waals surface area (Å²) in [5.74, 6) is 0.690. The van der Waals surface area contributed by atoms with Crippen LogP contribution in [0.4, 0.5) is 0 Å². The summed E-state index contributed by atoms with van der Waals surface area (Å²) in [6.45, 7) is 0.976. The van der Waals surface area contributed by atoms with Crippen molar-refractivity contribution < 1.29 is 9.53 Å². The molecule has 1 aromatic rings. The highest BCUT2D eigenvalue weighted by molar-refractivity contribution is 5.71. The first-order valence-electron chi connectivity index (χ1n) is 6.34. The van der Waals surface area contributed by atoms with Crippen molar-refractivity contribution in [2.45, 2.75) is 38.3 Å². The van der Waals surface area contributed by atoms with E-state index in [-0.39, 0.29) is 5.97 Å². The molecule has 0 spiro atoms. The van der Waals surface area contributed by atoms with Crippen LogP contribution >= 0.6 is 0 Å². The Labute approximate surface area is 107 Å². The molecule has 1 heterocycles. The Hall–Kier alpha value is -1.43. The van der Waals surface area contributed by atoms with E-state index in [1.807, 2.05) is 11.6 Å². The molecule has 0 aromatic carbocycles. The third kappa shape index (κ3) is 3.07. The molecular formula is C12H20N4O2. The van der Waals surface area contributed by atoms with Crippen LogP contribution in [0.25, 0.3) is 0 Å². The van der Waals surface area contributed by atoms with E-state index in [4.69, 9.17) is 4.74 Å². The largest absolute Gasteiger partial charge is 0.468 e. The second kappa shape index (κ2) is 5.95. The van der Waals surface area contributed by atoms with Crippen LogP contribution in [0.5, 0.6) is 0 Å². The molecule has 18 heavy (non-hydrogen) atoms. The van der Waals surface area contributed by atoms with Gasteiger partial charge in [-0.1, -0.05) is 12.8 Å². The summed E-state index contributed by atoms with van der Waals surface area (Å²) < 4.78 is 6.65. The zero-order valence-electron chi connectivity index (χ0n) is 11.0. The van der Waals surface area contributed by atoms with Gasteiger partial charge in [0.1, 0.15) is 12.2 Å². The summed E-state index contributed by atoms with van der Waals surface area (Å²) in [6, 6.07) is 0.459. The van der Waals surface area contributed by atoms with Gasteiger partial charge in [0.2, 0.25) is 0 Å². The number of aromatic nitrogens is 3. The maximum atomic E-state index is 11.5. The molecule has 0 atom stereocenters. The topological polar surface area (TPSA) is 60.2 Å². The van der Waals surface area contributed by atoms with Gasteiger partial charge in [-0.05, 0) is 12.8 Å². The third-order valence-electron chi connectivity index (χ3n) is 3.55. The number of esters is 1. The number of hydrogen-bond donors (Lipinski definition) is 0. The van der Waals surface area contributed by atoms with Gasteiger partial charge in [0.25, 0.3) is 0 Å². The van der Waals surface area contributed by atoms with Gasteiger partial charge in [0.15, 0.2) is 0 Å². The van der Waals surface area contributed by atoms with Crippen molar-refractivity contribution in [2.24, 2.45) is 7.05 Å². The van der Waals surface area contributed by atoms with Crippen molar-refractivity contribution in [3.8, 4) is 0 Å². The summed E-state index contributed by atoms with van der Waals surface area (Å²) in [4.78, 5) is 13.6. The zero-order chi connectivity index (χ0) is 13.0. The van der Waals surface area contributed by atoms with Crippen LogP contribution in [-0.4, -0.2) is 45.3 Å². The molecule has 0 bridgehead atoms. The van der Waals surface area contributed by atoms with E-state index in [2.05, 4.69) is 15.1 Å². The summed E-state index contributed by atoms with van der Waals surface area (Å²) in [5, 5.41) is 7.95. The lowest BCUT2D eigenvalue weighted by Gasteiger charge is -2.26. The average Bonchev–Trinajstić information content (AvgIpc) is 3.00. The van der Waals surface area contributed by atoms with E-state index in [9.17, 15) is 4.79 Å². The Bertz CT molecular complexity index is 399. The molecule has 0 unspecified atom stereocenters. The first-order valence-corrected chi connectivity index (χ1v) is 6.34. The number of hydrogen-bond acceptors (Lipinski definition) is 5. The van der Waals surface area contributed by atoms with Gasteiger partial charge in [-0.3, -0.25) is 9.69 Å². The van der Waals surface area contributed by atoms with E-state index in [1.54, 1.807) is 6.33 Å². The lowest BCUT2D eigenvalue weighted by Crippen LogP contribution is -2.38. The normalized spacial score (nSPS) is 16.4. The monoisotopic (exact) mass is 252 g/mol. The molecule has 6 heteroatoms. The molecule has 0 saturated heterocycles. The maximum absolute atomic E-state index is 11.5. The van der Waals surface area contributed by atoms with Crippen molar-refractivity contribution in [1.29, 1.82) is 0 Å². The minimum absolute atomic E-state index is 0.191. The first-order chi connectivity index (χ1) is 8.70. The van der Waals surface area contributed by atoms with Crippen LogP contribution in [0.1, 0.15) is 31.5 Å².